The van der Waals surface area contributed by atoms with E-state index in [1.807, 2.05) is 43.3 Å². The lowest BCUT2D eigenvalue weighted by Gasteiger charge is -2.09. The van der Waals surface area contributed by atoms with Crippen LogP contribution in [0.1, 0.15) is 24.3 Å². The van der Waals surface area contributed by atoms with Gasteiger partial charge in [0.15, 0.2) is 6.04 Å². The van der Waals surface area contributed by atoms with Crippen LogP contribution in [0.15, 0.2) is 69.1 Å². The quantitative estimate of drug-likeness (QED) is 0.531. The summed E-state index contributed by atoms with van der Waals surface area (Å²) in [4.78, 5) is 29.1. The fraction of sp³-hybridized carbons (Fsp3) is 0.190. The highest BCUT2D eigenvalue weighted by Crippen LogP contribution is 2.35. The molecule has 30 heavy (non-hydrogen) atoms. The Kier molecular flexibility index (Phi) is 5.89. The number of benzene rings is 1. The number of pyridine rings is 1. The van der Waals surface area contributed by atoms with Gasteiger partial charge in [0.05, 0.1) is 17.8 Å². The Morgan fingerprint density at radius 1 is 1.13 bits per heavy atom. The minimum Gasteiger partial charge on any atom is -0.489 e. The van der Waals surface area contributed by atoms with E-state index < -0.39 is 18.0 Å². The third-order valence-corrected chi connectivity index (χ3v) is 5.31. The molecule has 2 aromatic heterocycles. The molecule has 0 bridgehead atoms. The van der Waals surface area contributed by atoms with Gasteiger partial charge in [0.25, 0.3) is 5.91 Å². The van der Waals surface area contributed by atoms with Gasteiger partial charge >= 0.3 is 6.03 Å². The molecule has 1 unspecified atom stereocenters. The Labute approximate surface area is 177 Å². The Morgan fingerprint density at radius 3 is 2.70 bits per heavy atom. The lowest BCUT2D eigenvalue weighted by atomic mass is 10.2. The van der Waals surface area contributed by atoms with E-state index in [9.17, 15) is 9.59 Å². The van der Waals surface area contributed by atoms with Gasteiger partial charge in [-0.05, 0) is 48.9 Å². The summed E-state index contributed by atoms with van der Waals surface area (Å²) in [5.74, 6) is 1.29. The first-order chi connectivity index (χ1) is 14.6. The Balaban J connectivity index is 1.38. The van der Waals surface area contributed by atoms with Crippen molar-refractivity contribution >= 4 is 23.7 Å². The minimum absolute atomic E-state index is 0.400. The molecule has 3 aromatic rings. The molecule has 1 atom stereocenters. The van der Waals surface area contributed by atoms with Crippen LogP contribution in [0.5, 0.6) is 11.6 Å². The number of aromatic nitrogens is 1. The van der Waals surface area contributed by atoms with Gasteiger partial charge in [-0.25, -0.2) is 9.78 Å². The first-order valence-electron chi connectivity index (χ1n) is 9.29. The molecule has 1 aliphatic rings. The maximum absolute atomic E-state index is 11.9. The number of amides is 3. The maximum atomic E-state index is 11.9. The molecule has 0 radical (unpaired) electrons. The second-order valence-electron chi connectivity index (χ2n) is 6.34. The molecule has 4 rings (SSSR count). The molecule has 8 nitrogen and oxygen atoms in total. The molecule has 2 N–H and O–H groups in total. The van der Waals surface area contributed by atoms with Crippen LogP contribution in [0.25, 0.3) is 0 Å². The molecule has 1 fully saturated rings. The normalized spacial score (nSPS) is 15.6. The van der Waals surface area contributed by atoms with Crippen LogP contribution >= 0.6 is 11.8 Å². The second-order valence-corrected chi connectivity index (χ2v) is 7.46. The number of carbonyl (C=O) groups excluding carboxylic acids is 2. The van der Waals surface area contributed by atoms with Crippen LogP contribution in [0, 0.1) is 0 Å². The number of imide groups is 1. The van der Waals surface area contributed by atoms with Gasteiger partial charge in [0, 0.05) is 17.2 Å². The van der Waals surface area contributed by atoms with Crippen molar-refractivity contribution in [3.05, 3.63) is 66.2 Å². The first kappa shape index (κ1) is 19.8. The number of rotatable bonds is 8. The monoisotopic (exact) mass is 425 g/mol. The van der Waals surface area contributed by atoms with E-state index in [0.717, 1.165) is 21.1 Å². The second kappa shape index (κ2) is 8.91. The maximum Gasteiger partial charge on any atom is 0.322 e. The van der Waals surface area contributed by atoms with E-state index in [0.29, 0.717) is 24.9 Å². The molecule has 1 saturated heterocycles. The Bertz CT molecular complexity index is 1050. The van der Waals surface area contributed by atoms with E-state index in [1.54, 1.807) is 12.3 Å². The number of ether oxygens (including phenoxy) is 2. The van der Waals surface area contributed by atoms with Crippen molar-refractivity contribution in [3.63, 3.8) is 0 Å². The molecule has 1 aliphatic heterocycles. The Morgan fingerprint density at radius 2 is 1.97 bits per heavy atom. The number of hydrogen-bond acceptors (Lipinski definition) is 7. The molecule has 0 saturated carbocycles. The molecular weight excluding hydrogens is 406 g/mol. The van der Waals surface area contributed by atoms with E-state index in [4.69, 9.17) is 13.9 Å². The zero-order chi connectivity index (χ0) is 20.9. The standard InChI is InChI=1S/C21H19N3O5S/c1-2-27-17-11-13(7-9-22-17)12-29-14-3-5-15(6-4-14)30-16-8-10-28-19(16)18-20(25)24-21(26)23-18/h3-11,18H,2,12H2,1H3,(H2,23,24,25,26). The summed E-state index contributed by atoms with van der Waals surface area (Å²) in [5.41, 5.74) is 0.965. The van der Waals surface area contributed by atoms with Gasteiger partial charge in [0.1, 0.15) is 18.1 Å². The van der Waals surface area contributed by atoms with Crippen molar-refractivity contribution in [2.45, 2.75) is 29.4 Å². The zero-order valence-corrected chi connectivity index (χ0v) is 16.9. The van der Waals surface area contributed by atoms with Crippen molar-refractivity contribution in [2.24, 2.45) is 0 Å². The third kappa shape index (κ3) is 4.57. The summed E-state index contributed by atoms with van der Waals surface area (Å²) in [6.07, 6.45) is 3.19. The van der Waals surface area contributed by atoms with Crippen LogP contribution in [0.3, 0.4) is 0 Å². The van der Waals surface area contributed by atoms with Gasteiger partial charge < -0.3 is 19.2 Å². The summed E-state index contributed by atoms with van der Waals surface area (Å²) in [5, 5.41) is 4.75. The lowest BCUT2D eigenvalue weighted by molar-refractivity contribution is -0.120. The van der Waals surface area contributed by atoms with Crippen molar-refractivity contribution < 1.29 is 23.5 Å². The zero-order valence-electron chi connectivity index (χ0n) is 16.1. The molecule has 3 amide bonds. The van der Waals surface area contributed by atoms with Gasteiger partial charge in [-0.15, -0.1) is 0 Å². The minimum atomic E-state index is -0.820. The van der Waals surface area contributed by atoms with Crippen LogP contribution in [-0.2, 0) is 11.4 Å². The third-order valence-electron chi connectivity index (χ3n) is 4.24. The summed E-state index contributed by atoms with van der Waals surface area (Å²) in [6, 6.07) is 11.7. The highest BCUT2D eigenvalue weighted by molar-refractivity contribution is 7.99. The number of nitrogens with one attached hydrogen (secondary N) is 2. The van der Waals surface area contributed by atoms with Crippen molar-refractivity contribution in [2.75, 3.05) is 6.61 Å². The van der Waals surface area contributed by atoms with E-state index in [-0.39, 0.29) is 0 Å². The highest BCUT2D eigenvalue weighted by atomic mass is 32.2. The van der Waals surface area contributed by atoms with E-state index in [2.05, 4.69) is 15.6 Å². The molecule has 9 heteroatoms. The lowest BCUT2D eigenvalue weighted by Crippen LogP contribution is -2.22. The van der Waals surface area contributed by atoms with Gasteiger partial charge in [0.2, 0.25) is 5.88 Å². The molecule has 0 aliphatic carbocycles. The van der Waals surface area contributed by atoms with Gasteiger partial charge in [-0.2, -0.15) is 0 Å². The SMILES string of the molecule is CCOc1cc(COc2ccc(Sc3ccoc3C3NC(=O)NC3=O)cc2)ccn1. The van der Waals surface area contributed by atoms with Crippen LogP contribution in [0.4, 0.5) is 4.79 Å². The van der Waals surface area contributed by atoms with Gasteiger partial charge in [-0.1, -0.05) is 11.8 Å². The Hall–Kier alpha value is -3.46. The predicted molar refractivity (Wildman–Crippen MR) is 108 cm³/mol. The number of furan rings is 1. The number of carbonyl (C=O) groups is 2. The van der Waals surface area contributed by atoms with Crippen molar-refractivity contribution in [1.29, 1.82) is 0 Å². The van der Waals surface area contributed by atoms with Crippen molar-refractivity contribution in [3.8, 4) is 11.6 Å². The largest absolute Gasteiger partial charge is 0.489 e. The summed E-state index contributed by atoms with van der Waals surface area (Å²) in [7, 11) is 0. The molecule has 0 spiro atoms. The smallest absolute Gasteiger partial charge is 0.322 e. The summed E-state index contributed by atoms with van der Waals surface area (Å²) in [6.45, 7) is 2.87. The fourth-order valence-electron chi connectivity index (χ4n) is 2.87. The number of urea groups is 1. The summed E-state index contributed by atoms with van der Waals surface area (Å²) < 4.78 is 16.7. The van der Waals surface area contributed by atoms with E-state index in [1.165, 1.54) is 18.0 Å². The molecule has 1 aromatic carbocycles. The summed E-state index contributed by atoms with van der Waals surface area (Å²) >= 11 is 1.44. The molecule has 154 valence electrons. The molecule has 3 heterocycles. The van der Waals surface area contributed by atoms with Crippen LogP contribution in [0.2, 0.25) is 0 Å². The first-order valence-corrected chi connectivity index (χ1v) is 10.1. The number of hydrogen-bond donors (Lipinski definition) is 2. The highest BCUT2D eigenvalue weighted by Gasteiger charge is 2.35. The van der Waals surface area contributed by atoms with Crippen LogP contribution in [-0.4, -0.2) is 23.5 Å². The van der Waals surface area contributed by atoms with Crippen LogP contribution < -0.4 is 20.1 Å². The van der Waals surface area contributed by atoms with Crippen molar-refractivity contribution in [1.82, 2.24) is 15.6 Å². The molecular formula is C21H19N3O5S. The average Bonchev–Trinajstić information content (AvgIpc) is 3.33. The average molecular weight is 425 g/mol. The van der Waals surface area contributed by atoms with Gasteiger partial charge in [-0.3, -0.25) is 10.1 Å². The predicted octanol–water partition coefficient (Wildman–Crippen LogP) is 3.68. The number of nitrogens with zero attached hydrogens (tertiary/aromatic N) is 1. The van der Waals surface area contributed by atoms with E-state index >= 15 is 0 Å². The fourth-order valence-corrected chi connectivity index (χ4v) is 3.79. The topological polar surface area (TPSA) is 103 Å².